The van der Waals surface area contributed by atoms with Gasteiger partial charge in [-0.1, -0.05) is 19.8 Å². The summed E-state index contributed by atoms with van der Waals surface area (Å²) in [4.78, 5) is 14.6. The van der Waals surface area contributed by atoms with Crippen molar-refractivity contribution in [3.05, 3.63) is 17.6 Å². The van der Waals surface area contributed by atoms with Crippen LogP contribution in [0.3, 0.4) is 0 Å². The molecule has 1 aliphatic heterocycles. The van der Waals surface area contributed by atoms with Crippen LogP contribution in [-0.4, -0.2) is 45.7 Å². The van der Waals surface area contributed by atoms with Gasteiger partial charge in [0.25, 0.3) is 0 Å². The van der Waals surface area contributed by atoms with Crippen LogP contribution in [0.5, 0.6) is 0 Å². The van der Waals surface area contributed by atoms with Crippen molar-refractivity contribution in [3.63, 3.8) is 0 Å². The number of aromatic nitrogens is 3. The normalized spacial score (nSPS) is 18.4. The summed E-state index contributed by atoms with van der Waals surface area (Å²) in [7, 11) is 0. The van der Waals surface area contributed by atoms with E-state index in [9.17, 15) is 4.39 Å². The van der Waals surface area contributed by atoms with Crippen LogP contribution in [0.1, 0.15) is 56.8 Å². The van der Waals surface area contributed by atoms with Gasteiger partial charge in [0.2, 0.25) is 0 Å². The molecule has 6 heteroatoms. The fourth-order valence-electron chi connectivity index (χ4n) is 3.58. The molecule has 0 unspecified atom stereocenters. The van der Waals surface area contributed by atoms with Gasteiger partial charge in [-0.3, -0.25) is 0 Å². The number of hydrogen-bond donors (Lipinski definition) is 2. The van der Waals surface area contributed by atoms with E-state index in [4.69, 9.17) is 10.7 Å². The zero-order chi connectivity index (χ0) is 17.6. The lowest BCUT2D eigenvalue weighted by Gasteiger charge is -2.13. The van der Waals surface area contributed by atoms with Gasteiger partial charge in [0.1, 0.15) is 17.5 Å². The van der Waals surface area contributed by atoms with Gasteiger partial charge >= 0.3 is 0 Å². The summed E-state index contributed by atoms with van der Waals surface area (Å²) in [5, 5.41) is 0. The Morgan fingerprint density at radius 3 is 2.88 bits per heavy atom. The van der Waals surface area contributed by atoms with Crippen molar-refractivity contribution >= 4 is 16.9 Å². The fraction of sp³-hybridized carbons (Fsp3) is 0.684. The monoisotopic (exact) mass is 347 g/mol. The second kappa shape index (κ2) is 8.61. The molecule has 0 saturated carbocycles. The van der Waals surface area contributed by atoms with Crippen molar-refractivity contribution in [3.8, 4) is 0 Å². The summed E-state index contributed by atoms with van der Waals surface area (Å²) >= 11 is 0. The van der Waals surface area contributed by atoms with Crippen molar-refractivity contribution in [2.24, 2.45) is 0 Å². The Hall–Kier alpha value is -1.69. The molecule has 2 aromatic rings. The lowest BCUT2D eigenvalue weighted by Crippen LogP contribution is -2.22. The summed E-state index contributed by atoms with van der Waals surface area (Å²) in [6, 6.07) is 0. The van der Waals surface area contributed by atoms with Crippen LogP contribution in [0.2, 0.25) is 0 Å². The molecule has 0 bridgehead atoms. The maximum atomic E-state index is 13.2. The molecule has 3 rings (SSSR count). The number of nitrogens with zero attached hydrogens (tertiary/aromatic N) is 3. The summed E-state index contributed by atoms with van der Waals surface area (Å²) in [5.41, 5.74) is 9.16. The van der Waals surface area contributed by atoms with Crippen molar-refractivity contribution in [1.82, 2.24) is 19.9 Å². The number of anilines is 1. The average Bonchev–Trinajstić information content (AvgIpc) is 3.19. The molecule has 138 valence electrons. The molecule has 1 atom stereocenters. The third-order valence-corrected chi connectivity index (χ3v) is 5.07. The number of aromatic amines is 1. The lowest BCUT2D eigenvalue weighted by molar-refractivity contribution is 0.283. The number of alkyl halides is 1. The number of nitrogen functional groups attached to an aromatic ring is 1. The molecular weight excluding hydrogens is 317 g/mol. The smallest absolute Gasteiger partial charge is 0.151 e. The molecule has 0 amide bonds. The number of aryl methyl sites for hydroxylation is 2. The maximum absolute atomic E-state index is 13.2. The minimum Gasteiger partial charge on any atom is -0.382 e. The second-order valence-corrected chi connectivity index (χ2v) is 7.16. The predicted octanol–water partition coefficient (Wildman–Crippen LogP) is 3.64. The Morgan fingerprint density at radius 1 is 1.24 bits per heavy atom. The maximum Gasteiger partial charge on any atom is 0.151 e. The fourth-order valence-corrected chi connectivity index (χ4v) is 3.58. The first-order valence-electron chi connectivity index (χ1n) is 9.66. The van der Waals surface area contributed by atoms with Crippen LogP contribution in [0.4, 0.5) is 10.2 Å². The minimum absolute atomic E-state index is 0.553. The number of nitrogens with two attached hydrogens (primary N) is 1. The van der Waals surface area contributed by atoms with Gasteiger partial charge in [-0.2, -0.15) is 0 Å². The Kier molecular flexibility index (Phi) is 6.24. The molecule has 25 heavy (non-hydrogen) atoms. The zero-order valence-corrected chi connectivity index (χ0v) is 15.2. The lowest BCUT2D eigenvalue weighted by atomic mass is 10.1. The first-order valence-corrected chi connectivity index (χ1v) is 9.66. The molecule has 2 aromatic heterocycles. The molecular formula is C19H30FN5. The van der Waals surface area contributed by atoms with Crippen molar-refractivity contribution in [2.75, 3.05) is 25.4 Å². The van der Waals surface area contributed by atoms with Gasteiger partial charge in [0.15, 0.2) is 5.82 Å². The van der Waals surface area contributed by atoms with Crippen LogP contribution in [-0.2, 0) is 12.8 Å². The van der Waals surface area contributed by atoms with E-state index >= 15 is 0 Å². The van der Waals surface area contributed by atoms with E-state index in [-0.39, 0.29) is 0 Å². The Morgan fingerprint density at radius 2 is 2.12 bits per heavy atom. The molecule has 1 aliphatic rings. The van der Waals surface area contributed by atoms with Gasteiger partial charge in [-0.25, -0.2) is 14.4 Å². The van der Waals surface area contributed by atoms with E-state index in [1.54, 1.807) is 0 Å². The topological polar surface area (TPSA) is 70.8 Å². The Labute approximate surface area is 149 Å². The van der Waals surface area contributed by atoms with E-state index in [1.807, 2.05) is 6.20 Å². The number of hydrogen-bond acceptors (Lipinski definition) is 4. The molecule has 0 aromatic carbocycles. The minimum atomic E-state index is -0.613. The molecule has 1 fully saturated rings. The Balaban J connectivity index is 1.51. The average molecular weight is 347 g/mol. The van der Waals surface area contributed by atoms with Crippen molar-refractivity contribution in [1.29, 1.82) is 0 Å². The standard InChI is InChI=1S/C19H30FN5/c1-2-3-8-16-23-17-14(12-22-18(17)19(21)24-16)7-5-4-6-10-25-11-9-15(20)13-25/h12,15,22H,2-11,13H2,1H3,(H2,21,23,24)/t15-/m1/s1. The summed E-state index contributed by atoms with van der Waals surface area (Å²) < 4.78 is 13.2. The summed E-state index contributed by atoms with van der Waals surface area (Å²) in [6.07, 6.45) is 9.61. The van der Waals surface area contributed by atoms with E-state index in [2.05, 4.69) is 21.8 Å². The number of H-pyrrole nitrogens is 1. The van der Waals surface area contributed by atoms with Gasteiger partial charge in [-0.15, -0.1) is 0 Å². The van der Waals surface area contributed by atoms with Crippen LogP contribution in [0.25, 0.3) is 11.0 Å². The first-order chi connectivity index (χ1) is 12.2. The van der Waals surface area contributed by atoms with Crippen molar-refractivity contribution < 1.29 is 4.39 Å². The van der Waals surface area contributed by atoms with E-state index < -0.39 is 6.17 Å². The van der Waals surface area contributed by atoms with E-state index in [1.165, 1.54) is 5.56 Å². The molecule has 0 spiro atoms. The molecule has 3 heterocycles. The largest absolute Gasteiger partial charge is 0.382 e. The number of unbranched alkanes of at least 4 members (excludes halogenated alkanes) is 3. The van der Waals surface area contributed by atoms with Gasteiger partial charge in [0, 0.05) is 25.7 Å². The number of halogens is 1. The number of fused-ring (bicyclic) bond motifs is 1. The zero-order valence-electron chi connectivity index (χ0n) is 15.2. The van der Waals surface area contributed by atoms with E-state index in [0.717, 1.165) is 74.9 Å². The molecule has 5 nitrogen and oxygen atoms in total. The highest BCUT2D eigenvalue weighted by Gasteiger charge is 2.20. The highest BCUT2D eigenvalue weighted by molar-refractivity contribution is 5.87. The highest BCUT2D eigenvalue weighted by atomic mass is 19.1. The first kappa shape index (κ1) is 18.1. The van der Waals surface area contributed by atoms with Crippen LogP contribution < -0.4 is 5.73 Å². The molecule has 0 radical (unpaired) electrons. The second-order valence-electron chi connectivity index (χ2n) is 7.16. The third-order valence-electron chi connectivity index (χ3n) is 5.07. The van der Waals surface area contributed by atoms with Crippen LogP contribution >= 0.6 is 0 Å². The molecule has 3 N–H and O–H groups in total. The van der Waals surface area contributed by atoms with Gasteiger partial charge < -0.3 is 15.6 Å². The van der Waals surface area contributed by atoms with Gasteiger partial charge in [-0.05, 0) is 44.2 Å². The SMILES string of the molecule is CCCCc1nc(N)c2[nH]cc(CCCCCN3CC[C@@H](F)C3)c2n1. The number of likely N-dealkylation sites (tertiary alicyclic amines) is 1. The van der Waals surface area contributed by atoms with Crippen LogP contribution in [0.15, 0.2) is 6.20 Å². The molecule has 1 saturated heterocycles. The van der Waals surface area contributed by atoms with Crippen LogP contribution in [0, 0.1) is 0 Å². The van der Waals surface area contributed by atoms with E-state index in [0.29, 0.717) is 18.8 Å². The third kappa shape index (κ3) is 4.69. The molecule has 0 aliphatic carbocycles. The number of nitrogens with one attached hydrogen (secondary N) is 1. The number of rotatable bonds is 9. The van der Waals surface area contributed by atoms with Crippen molar-refractivity contribution in [2.45, 2.75) is 64.5 Å². The Bertz CT molecular complexity index is 684. The highest BCUT2D eigenvalue weighted by Crippen LogP contribution is 2.23. The summed E-state index contributed by atoms with van der Waals surface area (Å²) in [5.74, 6) is 1.40. The summed E-state index contributed by atoms with van der Waals surface area (Å²) in [6.45, 7) is 4.73. The quantitative estimate of drug-likeness (QED) is 0.680. The van der Waals surface area contributed by atoms with Gasteiger partial charge in [0.05, 0.1) is 5.52 Å². The predicted molar refractivity (Wildman–Crippen MR) is 100 cm³/mol.